The van der Waals surface area contributed by atoms with Crippen molar-refractivity contribution in [3.05, 3.63) is 69.6 Å². The normalized spacial score (nSPS) is 13.9. The predicted octanol–water partition coefficient (Wildman–Crippen LogP) is 3.54. The second kappa shape index (κ2) is 6.65. The van der Waals surface area contributed by atoms with E-state index in [1.165, 1.54) is 4.57 Å². The van der Waals surface area contributed by atoms with Crippen molar-refractivity contribution in [2.45, 2.75) is 32.6 Å². The molecule has 0 aliphatic heterocycles. The van der Waals surface area contributed by atoms with Crippen molar-refractivity contribution in [2.75, 3.05) is 0 Å². The summed E-state index contributed by atoms with van der Waals surface area (Å²) in [7, 11) is 0. The first kappa shape index (κ1) is 16.7. The number of carboxylic acid groups (broad SMARTS) is 1. The van der Waals surface area contributed by atoms with E-state index in [2.05, 4.69) is 0 Å². The summed E-state index contributed by atoms with van der Waals surface area (Å²) in [5.41, 5.74) is 0.533. The summed E-state index contributed by atoms with van der Waals surface area (Å²) in [4.78, 5) is 24.5. The van der Waals surface area contributed by atoms with Gasteiger partial charge in [0, 0.05) is 18.0 Å². The molecule has 23 heavy (non-hydrogen) atoms. The van der Waals surface area contributed by atoms with Gasteiger partial charge in [0.25, 0.3) is 5.56 Å². The number of carbonyl (C=O) groups is 1. The summed E-state index contributed by atoms with van der Waals surface area (Å²) in [6.07, 6.45) is 5.51. The minimum absolute atomic E-state index is 0.288. The molecule has 0 aliphatic carbocycles. The van der Waals surface area contributed by atoms with Crippen molar-refractivity contribution in [3.63, 3.8) is 0 Å². The first-order chi connectivity index (χ1) is 10.9. The molecule has 0 bridgehead atoms. The Morgan fingerprint density at radius 2 is 1.91 bits per heavy atom. The maximum absolute atomic E-state index is 12.8. The second-order valence-corrected chi connectivity index (χ2v) is 5.80. The molecule has 0 spiro atoms. The topological polar surface area (TPSA) is 59.3 Å². The van der Waals surface area contributed by atoms with Crippen molar-refractivity contribution in [1.82, 2.24) is 4.57 Å². The summed E-state index contributed by atoms with van der Waals surface area (Å²) in [5, 5.41) is 9.57. The van der Waals surface area contributed by atoms with E-state index in [0.717, 1.165) is 5.56 Å². The Kier molecular flexibility index (Phi) is 4.84. The van der Waals surface area contributed by atoms with E-state index >= 15 is 0 Å². The van der Waals surface area contributed by atoms with Crippen LogP contribution in [0.5, 0.6) is 0 Å². The van der Waals surface area contributed by atoms with Crippen LogP contribution in [0.15, 0.2) is 47.4 Å². The maximum Gasteiger partial charge on any atom is 0.314 e. The van der Waals surface area contributed by atoms with Gasteiger partial charge < -0.3 is 5.11 Å². The van der Waals surface area contributed by atoms with Crippen LogP contribution >= 0.6 is 0 Å². The summed E-state index contributed by atoms with van der Waals surface area (Å²) < 4.78 is 1.44. The third-order valence-electron chi connectivity index (χ3n) is 4.29. The highest BCUT2D eigenvalue weighted by Gasteiger charge is 2.37. The van der Waals surface area contributed by atoms with Gasteiger partial charge in [-0.1, -0.05) is 37.3 Å². The average Bonchev–Trinajstić information content (AvgIpc) is 2.54. The van der Waals surface area contributed by atoms with Gasteiger partial charge in [-0.25, -0.2) is 0 Å². The van der Waals surface area contributed by atoms with Crippen LogP contribution in [0, 0.1) is 6.92 Å². The third kappa shape index (κ3) is 3.26. The molecule has 2 aromatic rings. The number of nitrogens with zero attached hydrogens (tertiary/aromatic N) is 1. The van der Waals surface area contributed by atoms with Crippen molar-refractivity contribution in [1.29, 1.82) is 0 Å². The lowest BCUT2D eigenvalue weighted by molar-refractivity contribution is -0.143. The molecule has 0 saturated carbocycles. The minimum Gasteiger partial charge on any atom is -0.481 e. The molecule has 1 atom stereocenters. The second-order valence-electron chi connectivity index (χ2n) is 5.80. The van der Waals surface area contributed by atoms with E-state index in [9.17, 15) is 14.7 Å². The molecule has 1 N–H and O–H groups in total. The molecule has 4 heteroatoms. The molecule has 0 fully saturated rings. The Labute approximate surface area is 135 Å². The predicted molar refractivity (Wildman–Crippen MR) is 92.4 cm³/mol. The third-order valence-corrected chi connectivity index (χ3v) is 4.29. The Bertz CT molecular complexity index is 790. The molecule has 0 saturated heterocycles. The zero-order chi connectivity index (χ0) is 17.0. The Balaban J connectivity index is 2.54. The van der Waals surface area contributed by atoms with E-state index in [1.54, 1.807) is 39.2 Å². The van der Waals surface area contributed by atoms with Gasteiger partial charge in [0.05, 0.1) is 5.41 Å². The number of aromatic nitrogens is 1. The minimum atomic E-state index is -1.19. The van der Waals surface area contributed by atoms with Gasteiger partial charge >= 0.3 is 5.97 Å². The average molecular weight is 311 g/mol. The Hall–Kier alpha value is -2.62. The number of hydrogen-bond acceptors (Lipinski definition) is 2. The van der Waals surface area contributed by atoms with E-state index in [1.807, 2.05) is 36.4 Å². The maximum atomic E-state index is 12.8. The molecule has 2 rings (SSSR count). The van der Waals surface area contributed by atoms with Gasteiger partial charge in [-0.15, -0.1) is 0 Å². The van der Waals surface area contributed by atoms with Crippen molar-refractivity contribution in [3.8, 4) is 0 Å². The highest BCUT2D eigenvalue weighted by Crippen LogP contribution is 2.27. The van der Waals surface area contributed by atoms with Crippen LogP contribution in [-0.4, -0.2) is 15.6 Å². The number of carboxylic acids is 1. The van der Waals surface area contributed by atoms with Gasteiger partial charge in [0.1, 0.15) is 0 Å². The van der Waals surface area contributed by atoms with Crippen molar-refractivity contribution >= 4 is 18.2 Å². The molecular weight excluding hydrogens is 290 g/mol. The summed E-state index contributed by atoms with van der Waals surface area (Å²) in [5.74, 6) is -0.981. The molecule has 0 radical (unpaired) electrons. The molecule has 0 amide bonds. The Morgan fingerprint density at radius 1 is 1.26 bits per heavy atom. The smallest absolute Gasteiger partial charge is 0.314 e. The molecular formula is C19H21NO3. The van der Waals surface area contributed by atoms with Crippen LogP contribution in [0.4, 0.5) is 0 Å². The molecule has 4 nitrogen and oxygen atoms in total. The summed E-state index contributed by atoms with van der Waals surface area (Å²) in [6.45, 7) is 5.16. The molecule has 1 aromatic heterocycles. The fraction of sp³-hybridized carbons (Fsp3) is 0.263. The molecule has 1 heterocycles. The number of benzene rings is 1. The highest BCUT2D eigenvalue weighted by atomic mass is 16.4. The molecule has 1 aromatic carbocycles. The van der Waals surface area contributed by atoms with Crippen LogP contribution in [0.1, 0.15) is 37.0 Å². The van der Waals surface area contributed by atoms with E-state index in [4.69, 9.17) is 0 Å². The van der Waals surface area contributed by atoms with E-state index in [0.29, 0.717) is 17.5 Å². The summed E-state index contributed by atoms with van der Waals surface area (Å²) >= 11 is 0. The van der Waals surface area contributed by atoms with Crippen molar-refractivity contribution in [2.24, 2.45) is 0 Å². The first-order valence-electron chi connectivity index (χ1n) is 7.59. The molecule has 120 valence electrons. The molecule has 1 unspecified atom stereocenters. The van der Waals surface area contributed by atoms with E-state index in [-0.39, 0.29) is 5.56 Å². The highest BCUT2D eigenvalue weighted by molar-refractivity contribution is 5.81. The summed E-state index contributed by atoms with van der Waals surface area (Å²) in [6, 6.07) is 11.4. The lowest BCUT2D eigenvalue weighted by Gasteiger charge is -2.25. The molecule has 0 aliphatic rings. The van der Waals surface area contributed by atoms with Crippen LogP contribution in [0.25, 0.3) is 12.3 Å². The Morgan fingerprint density at radius 3 is 2.48 bits per heavy atom. The fourth-order valence-electron chi connectivity index (χ4n) is 2.59. The van der Waals surface area contributed by atoms with Gasteiger partial charge in [-0.05, 0) is 43.5 Å². The number of aliphatic carboxylic acids is 1. The lowest BCUT2D eigenvalue weighted by atomic mass is 9.79. The zero-order valence-corrected chi connectivity index (χ0v) is 13.6. The number of pyridine rings is 1. The monoisotopic (exact) mass is 311 g/mol. The van der Waals surface area contributed by atoms with Crippen LogP contribution in [0.2, 0.25) is 0 Å². The zero-order valence-electron chi connectivity index (χ0n) is 13.6. The van der Waals surface area contributed by atoms with Gasteiger partial charge in [0.2, 0.25) is 0 Å². The van der Waals surface area contributed by atoms with Crippen LogP contribution < -0.4 is 5.56 Å². The standard InChI is InChI=1S/C19H21NO3/c1-4-19(3,18(22)23)16-14(2)10-12-20(17(16)21)13-11-15-8-6-5-7-9-15/h5-13H,4H2,1-3H3,(H,22,23). The first-order valence-corrected chi connectivity index (χ1v) is 7.59. The lowest BCUT2D eigenvalue weighted by Crippen LogP contribution is -2.39. The largest absolute Gasteiger partial charge is 0.481 e. The van der Waals surface area contributed by atoms with Crippen LogP contribution in [-0.2, 0) is 10.2 Å². The fourth-order valence-corrected chi connectivity index (χ4v) is 2.59. The van der Waals surface area contributed by atoms with Gasteiger partial charge in [-0.3, -0.25) is 14.2 Å². The van der Waals surface area contributed by atoms with Crippen LogP contribution in [0.3, 0.4) is 0 Å². The number of rotatable bonds is 5. The van der Waals surface area contributed by atoms with Gasteiger partial charge in [-0.2, -0.15) is 0 Å². The number of aryl methyl sites for hydroxylation is 1. The van der Waals surface area contributed by atoms with Gasteiger partial charge in [0.15, 0.2) is 0 Å². The SMILES string of the molecule is CCC(C)(C(=O)O)c1c(C)ccn(C=Cc2ccccc2)c1=O. The number of hydrogen-bond donors (Lipinski definition) is 1. The van der Waals surface area contributed by atoms with Crippen molar-refractivity contribution < 1.29 is 9.90 Å². The van der Waals surface area contributed by atoms with E-state index < -0.39 is 11.4 Å². The quantitative estimate of drug-likeness (QED) is 0.919.